The van der Waals surface area contributed by atoms with E-state index in [4.69, 9.17) is 9.47 Å². The van der Waals surface area contributed by atoms with Crippen LogP contribution in [0.2, 0.25) is 0 Å². The monoisotopic (exact) mass is 490 g/mol. The highest BCUT2D eigenvalue weighted by Gasteiger charge is 2.27. The summed E-state index contributed by atoms with van der Waals surface area (Å²) in [4.78, 5) is 26.2. The van der Waals surface area contributed by atoms with E-state index in [-0.39, 0.29) is 18.0 Å². The van der Waals surface area contributed by atoms with Crippen molar-refractivity contribution in [2.24, 2.45) is 0 Å². The van der Waals surface area contributed by atoms with Crippen LogP contribution in [0.15, 0.2) is 79.0 Å². The molecule has 184 valence electrons. The van der Waals surface area contributed by atoms with Crippen molar-refractivity contribution in [1.29, 1.82) is 0 Å². The lowest BCUT2D eigenvalue weighted by Gasteiger charge is -2.13. The van der Waals surface area contributed by atoms with Gasteiger partial charge < -0.3 is 19.4 Å². The van der Waals surface area contributed by atoms with E-state index in [9.17, 15) is 18.4 Å². The van der Waals surface area contributed by atoms with Gasteiger partial charge in [0.15, 0.2) is 5.69 Å². The van der Waals surface area contributed by atoms with E-state index >= 15 is 0 Å². The van der Waals surface area contributed by atoms with Gasteiger partial charge >= 0.3 is 5.97 Å². The second kappa shape index (κ2) is 10.9. The summed E-state index contributed by atoms with van der Waals surface area (Å²) in [6.07, 6.45) is 1.72. The fourth-order valence-corrected chi connectivity index (χ4v) is 3.85. The Hall–Kier alpha value is -4.46. The van der Waals surface area contributed by atoms with Gasteiger partial charge in [-0.2, -0.15) is 0 Å². The van der Waals surface area contributed by atoms with E-state index < -0.39 is 29.1 Å². The molecule has 1 amide bonds. The first kappa shape index (κ1) is 24.7. The molecule has 0 atom stereocenters. The minimum Gasteiger partial charge on any atom is -0.497 e. The Labute approximate surface area is 207 Å². The van der Waals surface area contributed by atoms with E-state index in [1.165, 1.54) is 0 Å². The number of nitrogens with zero attached hydrogens (tertiary/aromatic N) is 1. The number of nitrogens with one attached hydrogen (secondary N) is 1. The zero-order chi connectivity index (χ0) is 25.7. The van der Waals surface area contributed by atoms with Crippen LogP contribution >= 0.6 is 0 Å². The Kier molecular flexibility index (Phi) is 7.44. The van der Waals surface area contributed by atoms with Crippen LogP contribution in [0.3, 0.4) is 0 Å². The number of esters is 1. The van der Waals surface area contributed by atoms with E-state index in [1.807, 2.05) is 30.3 Å². The largest absolute Gasteiger partial charge is 0.497 e. The Bertz CT molecular complexity index is 1380. The normalized spacial score (nSPS) is 10.7. The fourth-order valence-electron chi connectivity index (χ4n) is 3.85. The van der Waals surface area contributed by atoms with Crippen molar-refractivity contribution in [3.05, 3.63) is 107 Å². The van der Waals surface area contributed by atoms with Crippen LogP contribution < -0.4 is 10.1 Å². The number of carbonyl (C=O) groups excluding carboxylic acids is 2. The molecule has 1 aromatic heterocycles. The first-order chi connectivity index (χ1) is 17.4. The molecule has 36 heavy (non-hydrogen) atoms. The summed E-state index contributed by atoms with van der Waals surface area (Å²) in [6, 6.07) is 19.1. The molecule has 3 aromatic carbocycles. The van der Waals surface area contributed by atoms with Crippen molar-refractivity contribution in [3.8, 4) is 16.9 Å². The van der Waals surface area contributed by atoms with Crippen LogP contribution in [0, 0.1) is 11.6 Å². The number of benzene rings is 3. The van der Waals surface area contributed by atoms with Gasteiger partial charge in [0.25, 0.3) is 5.91 Å². The summed E-state index contributed by atoms with van der Waals surface area (Å²) in [6.45, 7) is 2.09. The topological polar surface area (TPSA) is 69.6 Å². The number of hydrogen-bond acceptors (Lipinski definition) is 4. The summed E-state index contributed by atoms with van der Waals surface area (Å²) in [5.41, 5.74) is 1.81. The Morgan fingerprint density at radius 1 is 0.972 bits per heavy atom. The van der Waals surface area contributed by atoms with Gasteiger partial charge in [-0.3, -0.25) is 4.79 Å². The highest BCUT2D eigenvalue weighted by molar-refractivity contribution is 6.11. The van der Waals surface area contributed by atoms with Crippen molar-refractivity contribution >= 4 is 17.6 Å². The molecular formula is C28H24F2N2O4. The maximum atomic E-state index is 14.4. The molecule has 0 fully saturated rings. The molecule has 0 aliphatic carbocycles. The lowest BCUT2D eigenvalue weighted by molar-refractivity contribution is 0.0515. The Morgan fingerprint density at radius 3 is 2.36 bits per heavy atom. The van der Waals surface area contributed by atoms with Crippen molar-refractivity contribution < 1.29 is 27.8 Å². The van der Waals surface area contributed by atoms with Crippen molar-refractivity contribution in [3.63, 3.8) is 0 Å². The molecule has 0 spiro atoms. The molecule has 1 heterocycles. The fraction of sp³-hybridized carbons (Fsp3) is 0.143. The average molecular weight is 491 g/mol. The van der Waals surface area contributed by atoms with Crippen molar-refractivity contribution in [2.75, 3.05) is 19.0 Å². The molecule has 0 aliphatic rings. The maximum Gasteiger partial charge on any atom is 0.357 e. The van der Waals surface area contributed by atoms with Crippen LogP contribution in [0.5, 0.6) is 5.75 Å². The highest BCUT2D eigenvalue weighted by Crippen LogP contribution is 2.36. The standard InChI is InChI=1S/C28H24F2N2O4/c1-3-36-28(34)26-25(31-27(33)22-15-20(29)11-14-24(22)30)23(19-9-12-21(35-2)13-10-19)17-32(26)16-18-7-5-4-6-8-18/h4-15,17H,3,16H2,1-2H3,(H,31,33). The summed E-state index contributed by atoms with van der Waals surface area (Å²) in [5, 5.41) is 2.64. The molecule has 4 rings (SSSR count). The number of carbonyl (C=O) groups is 2. The van der Waals surface area contributed by atoms with E-state index in [0.29, 0.717) is 23.4 Å². The van der Waals surface area contributed by atoms with E-state index in [1.54, 1.807) is 49.1 Å². The van der Waals surface area contributed by atoms with Gasteiger partial charge in [0.1, 0.15) is 17.4 Å². The number of ether oxygens (including phenoxy) is 2. The smallest absolute Gasteiger partial charge is 0.357 e. The van der Waals surface area contributed by atoms with Gasteiger partial charge in [0.2, 0.25) is 0 Å². The first-order valence-corrected chi connectivity index (χ1v) is 11.3. The number of halogens is 2. The van der Waals surface area contributed by atoms with Crippen LogP contribution in [-0.4, -0.2) is 30.2 Å². The third-order valence-corrected chi connectivity index (χ3v) is 5.56. The molecule has 0 bridgehead atoms. The van der Waals surface area contributed by atoms with Gasteiger partial charge in [-0.05, 0) is 48.4 Å². The summed E-state index contributed by atoms with van der Waals surface area (Å²) in [5.74, 6) is -2.58. The Morgan fingerprint density at radius 2 is 1.69 bits per heavy atom. The number of methoxy groups -OCH3 is 1. The molecule has 0 saturated carbocycles. The molecule has 0 unspecified atom stereocenters. The molecule has 4 aromatic rings. The summed E-state index contributed by atoms with van der Waals surface area (Å²) in [7, 11) is 1.55. The average Bonchev–Trinajstić information content (AvgIpc) is 3.23. The lowest BCUT2D eigenvalue weighted by Crippen LogP contribution is -2.19. The lowest BCUT2D eigenvalue weighted by atomic mass is 10.1. The SMILES string of the molecule is CCOC(=O)c1c(NC(=O)c2cc(F)ccc2F)c(-c2ccc(OC)cc2)cn1Cc1ccccc1. The van der Waals surface area contributed by atoms with Gasteiger partial charge in [0, 0.05) is 18.3 Å². The predicted octanol–water partition coefficient (Wildman–Crippen LogP) is 5.92. The molecule has 0 aliphatic heterocycles. The van der Waals surface area contributed by atoms with Crippen LogP contribution in [0.25, 0.3) is 11.1 Å². The maximum absolute atomic E-state index is 14.4. The van der Waals surface area contributed by atoms with E-state index in [2.05, 4.69) is 5.32 Å². The molecule has 0 saturated heterocycles. The van der Waals surface area contributed by atoms with Gasteiger partial charge in [-0.15, -0.1) is 0 Å². The third-order valence-electron chi connectivity index (χ3n) is 5.56. The molecule has 8 heteroatoms. The zero-order valence-corrected chi connectivity index (χ0v) is 19.8. The minimum atomic E-state index is -0.898. The molecule has 6 nitrogen and oxygen atoms in total. The number of anilines is 1. The summed E-state index contributed by atoms with van der Waals surface area (Å²) >= 11 is 0. The number of hydrogen-bond donors (Lipinski definition) is 1. The quantitative estimate of drug-likeness (QED) is 0.311. The van der Waals surface area contributed by atoms with Gasteiger partial charge in [-0.1, -0.05) is 42.5 Å². The third kappa shape index (κ3) is 5.27. The number of rotatable bonds is 8. The summed E-state index contributed by atoms with van der Waals surface area (Å²) < 4.78 is 40.3. The number of amides is 1. The van der Waals surface area contributed by atoms with Gasteiger partial charge in [0.05, 0.1) is 25.0 Å². The Balaban J connectivity index is 1.87. The molecule has 0 radical (unpaired) electrons. The van der Waals surface area contributed by atoms with Crippen LogP contribution in [-0.2, 0) is 11.3 Å². The van der Waals surface area contributed by atoms with Crippen molar-refractivity contribution in [2.45, 2.75) is 13.5 Å². The van der Waals surface area contributed by atoms with Gasteiger partial charge in [-0.25, -0.2) is 13.6 Å². The predicted molar refractivity (Wildman–Crippen MR) is 132 cm³/mol. The zero-order valence-electron chi connectivity index (χ0n) is 19.8. The highest BCUT2D eigenvalue weighted by atomic mass is 19.1. The van der Waals surface area contributed by atoms with Crippen LogP contribution in [0.4, 0.5) is 14.5 Å². The van der Waals surface area contributed by atoms with Crippen molar-refractivity contribution in [1.82, 2.24) is 4.57 Å². The first-order valence-electron chi connectivity index (χ1n) is 11.3. The molecular weight excluding hydrogens is 466 g/mol. The minimum absolute atomic E-state index is 0.0803. The molecule has 1 N–H and O–H groups in total. The van der Waals surface area contributed by atoms with E-state index in [0.717, 1.165) is 23.8 Å². The number of aromatic nitrogens is 1. The second-order valence-corrected chi connectivity index (χ2v) is 7.91. The van der Waals surface area contributed by atoms with Crippen LogP contribution in [0.1, 0.15) is 33.3 Å². The second-order valence-electron chi connectivity index (χ2n) is 7.91.